The molecule has 0 aliphatic rings. The molecule has 0 bridgehead atoms. The Bertz CT molecular complexity index is 770. The average Bonchev–Trinajstić information content (AvgIpc) is 3.16. The molecule has 2 aromatic carbocycles. The van der Waals surface area contributed by atoms with Crippen molar-refractivity contribution in [3.8, 4) is 5.69 Å². The highest BCUT2D eigenvalue weighted by atomic mass is 16.5. The third-order valence-electron chi connectivity index (χ3n) is 4.10. The summed E-state index contributed by atoms with van der Waals surface area (Å²) in [5.41, 5.74) is 4.36. The van der Waals surface area contributed by atoms with E-state index >= 15 is 0 Å². The normalized spacial score (nSPS) is 13.5. The van der Waals surface area contributed by atoms with Gasteiger partial charge in [-0.05, 0) is 59.7 Å². The van der Waals surface area contributed by atoms with E-state index in [-0.39, 0.29) is 12.1 Å². The van der Waals surface area contributed by atoms with Gasteiger partial charge in [-0.3, -0.25) is 0 Å². The fraction of sp³-hybridized carbons (Fsp3) is 0.278. The molecule has 1 heterocycles. The van der Waals surface area contributed by atoms with E-state index in [0.29, 0.717) is 0 Å². The predicted octanol–water partition coefficient (Wildman–Crippen LogP) is 3.54. The second-order valence-corrected chi connectivity index (χ2v) is 5.72. The summed E-state index contributed by atoms with van der Waals surface area (Å²) < 4.78 is 7.02. The molecule has 124 valence electrons. The van der Waals surface area contributed by atoms with Gasteiger partial charge in [-0.15, -0.1) is 5.10 Å². The molecule has 1 N–H and O–H groups in total. The Morgan fingerprint density at radius 2 is 1.83 bits per heavy atom. The van der Waals surface area contributed by atoms with E-state index in [4.69, 9.17) is 4.74 Å². The molecule has 0 radical (unpaired) electrons. The number of methoxy groups -OCH3 is 1. The summed E-state index contributed by atoms with van der Waals surface area (Å²) in [4.78, 5) is 0. The minimum Gasteiger partial charge on any atom is -0.379 e. The van der Waals surface area contributed by atoms with E-state index in [1.165, 1.54) is 5.56 Å². The summed E-state index contributed by atoms with van der Waals surface area (Å²) in [5.74, 6) is 0. The van der Waals surface area contributed by atoms with Crippen molar-refractivity contribution in [2.75, 3.05) is 12.4 Å². The standard InChI is InChI=1S/C18H21N5O/c1-13(20-17-6-4-5-16(11-17)14(2)24-3)15-7-9-18(10-8-15)23-12-19-21-22-23/h4-14,20H,1-3H3/t13-,14-/m1/s1. The number of anilines is 1. The lowest BCUT2D eigenvalue weighted by Gasteiger charge is -2.18. The van der Waals surface area contributed by atoms with Crippen LogP contribution in [0, 0.1) is 0 Å². The Balaban J connectivity index is 1.72. The Morgan fingerprint density at radius 1 is 1.04 bits per heavy atom. The molecule has 2 atom stereocenters. The molecule has 0 saturated heterocycles. The Hall–Kier alpha value is -2.73. The average molecular weight is 323 g/mol. The van der Waals surface area contributed by atoms with Crippen LogP contribution in [0.25, 0.3) is 5.69 Å². The minimum atomic E-state index is 0.0811. The molecule has 3 aromatic rings. The second-order valence-electron chi connectivity index (χ2n) is 5.72. The van der Waals surface area contributed by atoms with Gasteiger partial charge in [-0.2, -0.15) is 0 Å². The number of hydrogen-bond acceptors (Lipinski definition) is 5. The highest BCUT2D eigenvalue weighted by molar-refractivity contribution is 5.48. The maximum absolute atomic E-state index is 5.38. The predicted molar refractivity (Wildman–Crippen MR) is 93.1 cm³/mol. The van der Waals surface area contributed by atoms with Crippen molar-refractivity contribution < 1.29 is 4.74 Å². The lowest BCUT2D eigenvalue weighted by atomic mass is 10.1. The van der Waals surface area contributed by atoms with E-state index in [9.17, 15) is 0 Å². The van der Waals surface area contributed by atoms with Crippen molar-refractivity contribution in [1.82, 2.24) is 20.2 Å². The third-order valence-corrected chi connectivity index (χ3v) is 4.10. The summed E-state index contributed by atoms with van der Waals surface area (Å²) in [7, 11) is 1.72. The Labute approximate surface area is 141 Å². The van der Waals surface area contributed by atoms with Gasteiger partial charge >= 0.3 is 0 Å². The van der Waals surface area contributed by atoms with Crippen LogP contribution in [-0.4, -0.2) is 27.3 Å². The number of aromatic nitrogens is 4. The van der Waals surface area contributed by atoms with Gasteiger partial charge in [0.25, 0.3) is 0 Å². The Kier molecular flexibility index (Phi) is 4.86. The lowest BCUT2D eigenvalue weighted by Crippen LogP contribution is -2.07. The number of hydrogen-bond donors (Lipinski definition) is 1. The van der Waals surface area contributed by atoms with Gasteiger partial charge in [0.1, 0.15) is 6.33 Å². The number of rotatable bonds is 6. The van der Waals surface area contributed by atoms with Crippen molar-refractivity contribution >= 4 is 5.69 Å². The summed E-state index contributed by atoms with van der Waals surface area (Å²) >= 11 is 0. The molecule has 0 aliphatic heterocycles. The van der Waals surface area contributed by atoms with Crippen molar-refractivity contribution in [1.29, 1.82) is 0 Å². The van der Waals surface area contributed by atoms with Crippen LogP contribution < -0.4 is 5.32 Å². The molecular formula is C18H21N5O. The zero-order chi connectivity index (χ0) is 16.9. The molecule has 0 saturated carbocycles. The second kappa shape index (κ2) is 7.23. The van der Waals surface area contributed by atoms with Crippen molar-refractivity contribution in [2.45, 2.75) is 26.0 Å². The molecule has 0 amide bonds. The van der Waals surface area contributed by atoms with E-state index < -0.39 is 0 Å². The number of ether oxygens (including phenoxy) is 1. The highest BCUT2D eigenvalue weighted by Gasteiger charge is 2.08. The number of nitrogens with zero attached hydrogens (tertiary/aromatic N) is 4. The maximum atomic E-state index is 5.38. The van der Waals surface area contributed by atoms with Gasteiger partial charge in [0.05, 0.1) is 11.8 Å². The molecule has 6 heteroatoms. The van der Waals surface area contributed by atoms with Crippen LogP contribution in [0.3, 0.4) is 0 Å². The number of nitrogens with one attached hydrogen (secondary N) is 1. The number of benzene rings is 2. The maximum Gasteiger partial charge on any atom is 0.143 e. The molecule has 24 heavy (non-hydrogen) atoms. The van der Waals surface area contributed by atoms with E-state index in [1.807, 2.05) is 25.1 Å². The van der Waals surface area contributed by atoms with Crippen LogP contribution in [0.15, 0.2) is 54.9 Å². The summed E-state index contributed by atoms with van der Waals surface area (Å²) in [6, 6.07) is 16.7. The third kappa shape index (κ3) is 3.60. The van der Waals surface area contributed by atoms with Crippen LogP contribution in [-0.2, 0) is 4.74 Å². The SMILES string of the molecule is CO[C@H](C)c1cccc(N[C@H](C)c2ccc(-n3cnnn3)cc2)c1. The van der Waals surface area contributed by atoms with Crippen LogP contribution in [0.1, 0.15) is 37.1 Å². The van der Waals surface area contributed by atoms with Crippen LogP contribution >= 0.6 is 0 Å². The van der Waals surface area contributed by atoms with Crippen molar-refractivity contribution in [2.24, 2.45) is 0 Å². The summed E-state index contributed by atoms with van der Waals surface area (Å²) in [6.07, 6.45) is 1.66. The first-order valence-corrected chi connectivity index (χ1v) is 7.90. The van der Waals surface area contributed by atoms with Gasteiger partial charge in [0, 0.05) is 18.8 Å². The number of tetrazole rings is 1. The first kappa shape index (κ1) is 16.1. The fourth-order valence-corrected chi connectivity index (χ4v) is 2.55. The van der Waals surface area contributed by atoms with Crippen molar-refractivity contribution in [3.05, 3.63) is 66.0 Å². The molecule has 0 aliphatic carbocycles. The first-order valence-electron chi connectivity index (χ1n) is 7.90. The van der Waals surface area contributed by atoms with E-state index in [2.05, 4.69) is 58.1 Å². The highest BCUT2D eigenvalue weighted by Crippen LogP contribution is 2.24. The van der Waals surface area contributed by atoms with Crippen LogP contribution in [0.4, 0.5) is 5.69 Å². The molecule has 1 aromatic heterocycles. The zero-order valence-electron chi connectivity index (χ0n) is 14.0. The molecular weight excluding hydrogens is 302 g/mol. The van der Waals surface area contributed by atoms with Gasteiger partial charge in [0.2, 0.25) is 0 Å². The molecule has 3 rings (SSSR count). The van der Waals surface area contributed by atoms with E-state index in [1.54, 1.807) is 18.1 Å². The van der Waals surface area contributed by atoms with Gasteiger partial charge in [0.15, 0.2) is 0 Å². The topological polar surface area (TPSA) is 64.9 Å². The first-order chi connectivity index (χ1) is 11.7. The lowest BCUT2D eigenvalue weighted by molar-refractivity contribution is 0.119. The quantitative estimate of drug-likeness (QED) is 0.751. The monoisotopic (exact) mass is 323 g/mol. The van der Waals surface area contributed by atoms with Gasteiger partial charge in [-0.1, -0.05) is 24.3 Å². The summed E-state index contributed by atoms with van der Waals surface area (Å²) in [5, 5.41) is 14.7. The Morgan fingerprint density at radius 3 is 2.50 bits per heavy atom. The molecule has 6 nitrogen and oxygen atoms in total. The smallest absolute Gasteiger partial charge is 0.143 e. The van der Waals surface area contributed by atoms with E-state index in [0.717, 1.165) is 16.9 Å². The van der Waals surface area contributed by atoms with Crippen LogP contribution in [0.5, 0.6) is 0 Å². The van der Waals surface area contributed by atoms with Gasteiger partial charge < -0.3 is 10.1 Å². The molecule has 0 fully saturated rings. The molecule has 0 unspecified atom stereocenters. The van der Waals surface area contributed by atoms with Crippen molar-refractivity contribution in [3.63, 3.8) is 0 Å². The largest absolute Gasteiger partial charge is 0.379 e. The zero-order valence-corrected chi connectivity index (χ0v) is 14.0. The minimum absolute atomic E-state index is 0.0811. The molecule has 0 spiro atoms. The van der Waals surface area contributed by atoms with Gasteiger partial charge in [-0.25, -0.2) is 4.68 Å². The fourth-order valence-electron chi connectivity index (χ4n) is 2.55. The van der Waals surface area contributed by atoms with Crippen LogP contribution in [0.2, 0.25) is 0 Å². The summed E-state index contributed by atoms with van der Waals surface area (Å²) in [6.45, 7) is 4.18.